The third kappa shape index (κ3) is 4.91. The third-order valence-electron chi connectivity index (χ3n) is 4.85. The molecule has 1 fully saturated rings. The van der Waals surface area contributed by atoms with Gasteiger partial charge in [-0.2, -0.15) is 0 Å². The maximum absolute atomic E-state index is 13.8. The molecule has 1 saturated heterocycles. The molecule has 0 saturated carbocycles. The normalized spacial score (nSPS) is 14.0. The van der Waals surface area contributed by atoms with Crippen LogP contribution in [0.3, 0.4) is 0 Å². The van der Waals surface area contributed by atoms with Crippen LogP contribution in [0.15, 0.2) is 53.4 Å². The van der Waals surface area contributed by atoms with Gasteiger partial charge in [0.25, 0.3) is 10.0 Å². The van der Waals surface area contributed by atoms with Crippen molar-refractivity contribution < 1.29 is 17.2 Å². The molecule has 0 spiro atoms. The fraction of sp³-hybridized carbons (Fsp3) is 0.238. The molecule has 10 heteroatoms. The number of aromatic nitrogens is 2. The van der Waals surface area contributed by atoms with Crippen LogP contribution >= 0.6 is 0 Å². The molecule has 2 heterocycles. The molecular formula is C21H21F2N5O2S. The van der Waals surface area contributed by atoms with Crippen LogP contribution in [0, 0.1) is 18.6 Å². The Kier molecular flexibility index (Phi) is 5.73. The van der Waals surface area contributed by atoms with Crippen LogP contribution in [0.25, 0.3) is 0 Å². The average molecular weight is 445 g/mol. The molecule has 0 bridgehead atoms. The first kappa shape index (κ1) is 21.0. The van der Waals surface area contributed by atoms with Crippen molar-refractivity contribution in [2.24, 2.45) is 0 Å². The monoisotopic (exact) mass is 445 g/mol. The zero-order chi connectivity index (χ0) is 22.0. The van der Waals surface area contributed by atoms with E-state index in [2.05, 4.69) is 24.9 Å². The summed E-state index contributed by atoms with van der Waals surface area (Å²) in [6, 6.07) is 10.5. The standard InChI is InChI=1S/C21H21F2N5O2S/c1-14-24-20(13-21(25-14)28-10-2-3-11-28)26-16-5-7-17(8-6-16)27-31(29,30)19-12-15(22)4-9-18(19)23/h4-9,12-13,27H,2-3,10-11H2,1H3,(H,24,25,26). The highest BCUT2D eigenvalue weighted by Crippen LogP contribution is 2.25. The minimum absolute atomic E-state index is 0.214. The molecule has 31 heavy (non-hydrogen) atoms. The van der Waals surface area contributed by atoms with E-state index >= 15 is 0 Å². The molecular weight excluding hydrogens is 424 g/mol. The third-order valence-corrected chi connectivity index (χ3v) is 6.24. The van der Waals surface area contributed by atoms with Crippen molar-refractivity contribution >= 4 is 33.0 Å². The van der Waals surface area contributed by atoms with Gasteiger partial charge in [-0.3, -0.25) is 4.72 Å². The van der Waals surface area contributed by atoms with Gasteiger partial charge in [0, 0.05) is 30.5 Å². The number of aryl methyl sites for hydroxylation is 1. The zero-order valence-corrected chi connectivity index (χ0v) is 17.6. The van der Waals surface area contributed by atoms with Gasteiger partial charge in [-0.15, -0.1) is 0 Å². The quantitative estimate of drug-likeness (QED) is 0.591. The number of nitrogens with zero attached hydrogens (tertiary/aromatic N) is 3. The van der Waals surface area contributed by atoms with Crippen molar-refractivity contribution in [1.29, 1.82) is 0 Å². The molecule has 0 atom stereocenters. The molecule has 2 N–H and O–H groups in total. The van der Waals surface area contributed by atoms with E-state index < -0.39 is 26.6 Å². The van der Waals surface area contributed by atoms with Gasteiger partial charge in [-0.25, -0.2) is 27.2 Å². The number of hydrogen-bond donors (Lipinski definition) is 2. The number of nitrogens with one attached hydrogen (secondary N) is 2. The Bertz CT molecular complexity index is 1200. The van der Waals surface area contributed by atoms with Gasteiger partial charge < -0.3 is 10.2 Å². The van der Waals surface area contributed by atoms with Gasteiger partial charge in [-0.1, -0.05) is 0 Å². The summed E-state index contributed by atoms with van der Waals surface area (Å²) in [7, 11) is -4.27. The molecule has 162 valence electrons. The first-order valence-corrected chi connectivity index (χ1v) is 11.2. The smallest absolute Gasteiger partial charge is 0.264 e. The van der Waals surface area contributed by atoms with Gasteiger partial charge in [0.05, 0.1) is 0 Å². The van der Waals surface area contributed by atoms with Gasteiger partial charge in [0.1, 0.15) is 34.0 Å². The van der Waals surface area contributed by atoms with Gasteiger partial charge in [-0.05, 0) is 62.2 Å². The molecule has 7 nitrogen and oxygen atoms in total. The van der Waals surface area contributed by atoms with Crippen molar-refractivity contribution in [2.75, 3.05) is 28.0 Å². The summed E-state index contributed by atoms with van der Waals surface area (Å²) >= 11 is 0. The lowest BCUT2D eigenvalue weighted by atomic mass is 10.3. The first-order valence-electron chi connectivity index (χ1n) is 9.76. The van der Waals surface area contributed by atoms with E-state index in [-0.39, 0.29) is 5.69 Å². The van der Waals surface area contributed by atoms with Crippen LogP contribution in [-0.4, -0.2) is 31.5 Å². The lowest BCUT2D eigenvalue weighted by Crippen LogP contribution is -2.19. The number of rotatable bonds is 6. The minimum atomic E-state index is -4.27. The van der Waals surface area contributed by atoms with E-state index in [1.54, 1.807) is 12.1 Å². The molecule has 0 unspecified atom stereocenters. The Hall–Kier alpha value is -3.27. The molecule has 1 aliphatic rings. The predicted octanol–water partition coefficient (Wildman–Crippen LogP) is 4.21. The van der Waals surface area contributed by atoms with Crippen molar-refractivity contribution in [3.63, 3.8) is 0 Å². The van der Waals surface area contributed by atoms with Crippen molar-refractivity contribution in [2.45, 2.75) is 24.7 Å². The minimum Gasteiger partial charge on any atom is -0.356 e. The van der Waals surface area contributed by atoms with Crippen molar-refractivity contribution in [3.05, 3.63) is 66.0 Å². The van der Waals surface area contributed by atoms with E-state index in [9.17, 15) is 17.2 Å². The second kappa shape index (κ2) is 8.46. The summed E-state index contributed by atoms with van der Waals surface area (Å²) < 4.78 is 54.2. The topological polar surface area (TPSA) is 87.2 Å². The Labute approximate surface area is 179 Å². The van der Waals surface area contributed by atoms with Crippen LogP contribution in [0.2, 0.25) is 0 Å². The summed E-state index contributed by atoms with van der Waals surface area (Å²) in [6.07, 6.45) is 2.28. The molecule has 1 aromatic heterocycles. The Morgan fingerprint density at radius 2 is 1.61 bits per heavy atom. The molecule has 0 amide bonds. The predicted molar refractivity (Wildman–Crippen MR) is 115 cm³/mol. The van der Waals surface area contributed by atoms with Gasteiger partial charge in [0.15, 0.2) is 0 Å². The molecule has 0 aliphatic carbocycles. The van der Waals surface area contributed by atoms with Gasteiger partial charge >= 0.3 is 0 Å². The maximum Gasteiger partial charge on any atom is 0.264 e. The number of benzene rings is 2. The average Bonchev–Trinajstić information content (AvgIpc) is 3.26. The summed E-state index contributed by atoms with van der Waals surface area (Å²) in [5.41, 5.74) is 0.899. The summed E-state index contributed by atoms with van der Waals surface area (Å²) in [6.45, 7) is 3.77. The van der Waals surface area contributed by atoms with Crippen LogP contribution < -0.4 is 14.9 Å². The number of sulfonamides is 1. The first-order chi connectivity index (χ1) is 14.8. The number of hydrogen-bond acceptors (Lipinski definition) is 6. The molecule has 3 aromatic rings. The van der Waals surface area contributed by atoms with Gasteiger partial charge in [0.2, 0.25) is 0 Å². The fourth-order valence-corrected chi connectivity index (χ4v) is 4.54. The van der Waals surface area contributed by atoms with E-state index in [1.165, 1.54) is 12.1 Å². The summed E-state index contributed by atoms with van der Waals surface area (Å²) in [5, 5.41) is 3.18. The lowest BCUT2D eigenvalue weighted by molar-refractivity contribution is 0.555. The largest absolute Gasteiger partial charge is 0.356 e. The highest BCUT2D eigenvalue weighted by molar-refractivity contribution is 7.92. The van der Waals surface area contributed by atoms with Crippen LogP contribution in [0.5, 0.6) is 0 Å². The molecule has 4 rings (SSSR count). The molecule has 0 radical (unpaired) electrons. The van der Waals surface area contributed by atoms with Crippen molar-refractivity contribution in [3.8, 4) is 0 Å². The lowest BCUT2D eigenvalue weighted by Gasteiger charge is -2.18. The van der Waals surface area contributed by atoms with E-state index in [1.807, 2.05) is 13.0 Å². The fourth-order valence-electron chi connectivity index (χ4n) is 3.39. The summed E-state index contributed by atoms with van der Waals surface area (Å²) in [4.78, 5) is 10.4. The van der Waals surface area contributed by atoms with E-state index in [0.29, 0.717) is 23.4 Å². The Balaban J connectivity index is 1.49. The second-order valence-electron chi connectivity index (χ2n) is 7.24. The van der Waals surface area contributed by atoms with Crippen molar-refractivity contribution in [1.82, 2.24) is 9.97 Å². The van der Waals surface area contributed by atoms with E-state index in [0.717, 1.165) is 43.9 Å². The highest BCUT2D eigenvalue weighted by atomic mass is 32.2. The SMILES string of the molecule is Cc1nc(Nc2ccc(NS(=O)(=O)c3cc(F)ccc3F)cc2)cc(N2CCCC2)n1. The van der Waals surface area contributed by atoms with Crippen LogP contribution in [-0.2, 0) is 10.0 Å². The van der Waals surface area contributed by atoms with Crippen LogP contribution in [0.4, 0.5) is 31.8 Å². The maximum atomic E-state index is 13.8. The zero-order valence-electron chi connectivity index (χ0n) is 16.8. The number of halogens is 2. The molecule has 2 aromatic carbocycles. The molecule has 1 aliphatic heterocycles. The number of anilines is 4. The van der Waals surface area contributed by atoms with E-state index in [4.69, 9.17) is 0 Å². The summed E-state index contributed by atoms with van der Waals surface area (Å²) in [5.74, 6) is 0.279. The Morgan fingerprint density at radius 3 is 2.32 bits per heavy atom. The second-order valence-corrected chi connectivity index (χ2v) is 8.89. The van der Waals surface area contributed by atoms with Crippen LogP contribution in [0.1, 0.15) is 18.7 Å². The Morgan fingerprint density at radius 1 is 0.935 bits per heavy atom. The highest BCUT2D eigenvalue weighted by Gasteiger charge is 2.20.